The lowest BCUT2D eigenvalue weighted by Crippen LogP contribution is -2.18. The van der Waals surface area contributed by atoms with Crippen molar-refractivity contribution in [3.05, 3.63) is 18.2 Å². The molecule has 0 fully saturated rings. The summed E-state index contributed by atoms with van der Waals surface area (Å²) in [6.07, 6.45) is 3.35. The number of nitrogens with zero attached hydrogens (tertiary/aromatic N) is 2. The molecule has 0 bridgehead atoms. The van der Waals surface area contributed by atoms with Gasteiger partial charge in [0.1, 0.15) is 10.8 Å². The van der Waals surface area contributed by atoms with Crippen LogP contribution in [0.15, 0.2) is 12.4 Å². The molecular weight excluding hydrogens is 200 g/mol. The predicted octanol–water partition coefficient (Wildman–Crippen LogP) is 1.41. The van der Waals surface area contributed by atoms with Gasteiger partial charge in [0, 0.05) is 6.42 Å². The van der Waals surface area contributed by atoms with Crippen LogP contribution in [0.25, 0.3) is 0 Å². The number of aromatic nitrogens is 2. The van der Waals surface area contributed by atoms with Gasteiger partial charge in [0.05, 0.1) is 19.0 Å². The number of rotatable bonds is 4. The number of ether oxygens (including phenoxy) is 1. The van der Waals surface area contributed by atoms with E-state index in [4.69, 9.17) is 9.84 Å². The van der Waals surface area contributed by atoms with Crippen LogP contribution >= 0.6 is 12.6 Å². The third kappa shape index (κ3) is 4.43. The van der Waals surface area contributed by atoms with E-state index in [9.17, 15) is 0 Å². The van der Waals surface area contributed by atoms with Crippen molar-refractivity contribution in [3.63, 3.8) is 0 Å². The van der Waals surface area contributed by atoms with Crippen LogP contribution in [0.1, 0.15) is 19.7 Å². The highest BCUT2D eigenvalue weighted by molar-refractivity contribution is 7.81. The van der Waals surface area contributed by atoms with E-state index in [1.807, 2.05) is 13.8 Å². The van der Waals surface area contributed by atoms with Crippen LogP contribution in [0.2, 0.25) is 0 Å². The standard InChI is InChI=1S/C9H14N2O2S/c1-9(2,14)13-4-3-8-10-5-7(12)6-11-8/h5-6,12,14H,3-4H2,1-2H3. The monoisotopic (exact) mass is 214 g/mol. The van der Waals surface area contributed by atoms with E-state index in [-0.39, 0.29) is 5.75 Å². The average Bonchev–Trinajstić information content (AvgIpc) is 2.06. The molecule has 0 radical (unpaired) electrons. The number of aromatic hydroxyl groups is 1. The van der Waals surface area contributed by atoms with Crippen molar-refractivity contribution in [1.29, 1.82) is 0 Å². The molecule has 0 spiro atoms. The van der Waals surface area contributed by atoms with Gasteiger partial charge < -0.3 is 9.84 Å². The fraction of sp³-hybridized carbons (Fsp3) is 0.556. The minimum atomic E-state index is -0.434. The van der Waals surface area contributed by atoms with Crippen molar-refractivity contribution >= 4 is 12.6 Å². The van der Waals surface area contributed by atoms with Crippen LogP contribution in [0.4, 0.5) is 0 Å². The largest absolute Gasteiger partial charge is 0.505 e. The Kier molecular flexibility index (Phi) is 3.71. The van der Waals surface area contributed by atoms with E-state index >= 15 is 0 Å². The first-order valence-corrected chi connectivity index (χ1v) is 4.78. The first kappa shape index (κ1) is 11.3. The Hall–Kier alpha value is -0.810. The summed E-state index contributed by atoms with van der Waals surface area (Å²) < 4.78 is 5.39. The van der Waals surface area contributed by atoms with Gasteiger partial charge in [-0.05, 0) is 13.8 Å². The Bertz CT molecular complexity index is 282. The van der Waals surface area contributed by atoms with Gasteiger partial charge in [-0.25, -0.2) is 9.97 Å². The highest BCUT2D eigenvalue weighted by Gasteiger charge is 2.10. The Balaban J connectivity index is 2.35. The summed E-state index contributed by atoms with van der Waals surface area (Å²) in [6.45, 7) is 4.25. The molecule has 0 saturated carbocycles. The van der Waals surface area contributed by atoms with Gasteiger partial charge in [-0.2, -0.15) is 0 Å². The van der Waals surface area contributed by atoms with Crippen LogP contribution in [0, 0.1) is 0 Å². The molecule has 5 heteroatoms. The van der Waals surface area contributed by atoms with Gasteiger partial charge in [0.2, 0.25) is 0 Å². The van der Waals surface area contributed by atoms with E-state index in [2.05, 4.69) is 22.6 Å². The van der Waals surface area contributed by atoms with Gasteiger partial charge in [0.15, 0.2) is 5.75 Å². The average molecular weight is 214 g/mol. The minimum absolute atomic E-state index is 0.0733. The van der Waals surface area contributed by atoms with E-state index in [0.717, 1.165) is 0 Å². The first-order chi connectivity index (χ1) is 6.47. The molecular formula is C9H14N2O2S. The van der Waals surface area contributed by atoms with Gasteiger partial charge in [-0.1, -0.05) is 0 Å². The lowest BCUT2D eigenvalue weighted by Gasteiger charge is -2.17. The van der Waals surface area contributed by atoms with Gasteiger partial charge in [0.25, 0.3) is 0 Å². The summed E-state index contributed by atoms with van der Waals surface area (Å²) in [5.74, 6) is 0.726. The number of hydrogen-bond donors (Lipinski definition) is 2. The normalized spacial score (nSPS) is 11.6. The molecule has 1 N–H and O–H groups in total. The van der Waals surface area contributed by atoms with Gasteiger partial charge in [-0.3, -0.25) is 0 Å². The van der Waals surface area contributed by atoms with E-state index in [0.29, 0.717) is 18.9 Å². The van der Waals surface area contributed by atoms with E-state index in [1.54, 1.807) is 0 Å². The second-order valence-electron chi connectivity index (χ2n) is 3.40. The highest BCUT2D eigenvalue weighted by Crippen LogP contribution is 2.13. The zero-order valence-electron chi connectivity index (χ0n) is 8.27. The number of hydrogen-bond acceptors (Lipinski definition) is 5. The fourth-order valence-electron chi connectivity index (χ4n) is 0.869. The molecule has 78 valence electrons. The zero-order valence-corrected chi connectivity index (χ0v) is 9.16. The molecule has 0 saturated heterocycles. The number of thiol groups is 1. The van der Waals surface area contributed by atoms with Crippen LogP contribution in [0.3, 0.4) is 0 Å². The van der Waals surface area contributed by atoms with Gasteiger partial charge >= 0.3 is 0 Å². The van der Waals surface area contributed by atoms with Gasteiger partial charge in [-0.15, -0.1) is 12.6 Å². The molecule has 0 aliphatic rings. The zero-order chi connectivity index (χ0) is 10.6. The molecule has 1 aromatic heterocycles. The molecule has 1 heterocycles. The van der Waals surface area contributed by atoms with Crippen LogP contribution in [-0.4, -0.2) is 26.6 Å². The second-order valence-corrected chi connectivity index (χ2v) is 4.48. The lowest BCUT2D eigenvalue weighted by molar-refractivity contribution is 0.0556. The highest BCUT2D eigenvalue weighted by atomic mass is 32.1. The summed E-state index contributed by atoms with van der Waals surface area (Å²) in [4.78, 5) is 7.43. The smallest absolute Gasteiger partial charge is 0.152 e. The topological polar surface area (TPSA) is 55.2 Å². The lowest BCUT2D eigenvalue weighted by atomic mass is 10.4. The second kappa shape index (κ2) is 4.61. The molecule has 4 nitrogen and oxygen atoms in total. The summed E-state index contributed by atoms with van der Waals surface area (Å²) in [5.41, 5.74) is 0. The Labute approximate surface area is 88.8 Å². The molecule has 0 aliphatic carbocycles. The summed E-state index contributed by atoms with van der Waals surface area (Å²) in [5, 5.41) is 8.94. The van der Waals surface area contributed by atoms with Crippen molar-refractivity contribution in [2.24, 2.45) is 0 Å². The maximum Gasteiger partial charge on any atom is 0.152 e. The molecule has 1 rings (SSSR count). The maximum atomic E-state index is 8.94. The van der Waals surface area contributed by atoms with Crippen molar-refractivity contribution in [2.75, 3.05) is 6.61 Å². The Morgan fingerprint density at radius 1 is 1.43 bits per heavy atom. The first-order valence-electron chi connectivity index (χ1n) is 4.33. The predicted molar refractivity (Wildman–Crippen MR) is 56.4 cm³/mol. The quantitative estimate of drug-likeness (QED) is 0.587. The molecule has 0 aromatic carbocycles. The van der Waals surface area contributed by atoms with Crippen molar-refractivity contribution < 1.29 is 9.84 Å². The molecule has 0 atom stereocenters. The van der Waals surface area contributed by atoms with Crippen molar-refractivity contribution in [1.82, 2.24) is 9.97 Å². The van der Waals surface area contributed by atoms with Crippen LogP contribution in [-0.2, 0) is 11.2 Å². The van der Waals surface area contributed by atoms with Crippen LogP contribution < -0.4 is 0 Å². The Morgan fingerprint density at radius 2 is 2.00 bits per heavy atom. The molecule has 0 amide bonds. The third-order valence-electron chi connectivity index (χ3n) is 1.47. The minimum Gasteiger partial charge on any atom is -0.505 e. The molecule has 14 heavy (non-hydrogen) atoms. The molecule has 1 aromatic rings. The third-order valence-corrected chi connectivity index (χ3v) is 1.60. The fourth-order valence-corrected chi connectivity index (χ4v) is 0.960. The van der Waals surface area contributed by atoms with E-state index in [1.165, 1.54) is 12.4 Å². The summed E-state index contributed by atoms with van der Waals surface area (Å²) >= 11 is 4.21. The molecule has 0 aliphatic heterocycles. The molecule has 0 unspecified atom stereocenters. The SMILES string of the molecule is CC(C)(S)OCCc1ncc(O)cn1. The Morgan fingerprint density at radius 3 is 2.50 bits per heavy atom. The van der Waals surface area contributed by atoms with Crippen LogP contribution in [0.5, 0.6) is 5.75 Å². The summed E-state index contributed by atoms with van der Waals surface area (Å²) in [7, 11) is 0. The van der Waals surface area contributed by atoms with Crippen molar-refractivity contribution in [2.45, 2.75) is 25.2 Å². The maximum absolute atomic E-state index is 8.94. The summed E-state index contributed by atoms with van der Waals surface area (Å²) in [6, 6.07) is 0. The van der Waals surface area contributed by atoms with Crippen molar-refractivity contribution in [3.8, 4) is 5.75 Å². The van der Waals surface area contributed by atoms with E-state index < -0.39 is 4.93 Å².